The number of aryl methyl sites for hydroxylation is 3. The summed E-state index contributed by atoms with van der Waals surface area (Å²) < 4.78 is 10.8. The topological polar surface area (TPSA) is 80.0 Å². The summed E-state index contributed by atoms with van der Waals surface area (Å²) in [6.45, 7) is 5.76. The summed E-state index contributed by atoms with van der Waals surface area (Å²) in [5.74, 6) is -0.334. The van der Waals surface area contributed by atoms with Crippen LogP contribution in [0.5, 0.6) is 5.75 Å². The number of rotatable bonds is 5. The molecule has 0 spiro atoms. The Labute approximate surface area is 186 Å². The molecule has 0 radical (unpaired) electrons. The van der Waals surface area contributed by atoms with Crippen LogP contribution >= 0.6 is 0 Å². The summed E-state index contributed by atoms with van der Waals surface area (Å²) in [7, 11) is 1.58. The minimum Gasteiger partial charge on any atom is -0.507 e. The second-order valence-corrected chi connectivity index (χ2v) is 8.06. The van der Waals surface area contributed by atoms with Crippen molar-refractivity contribution >= 4 is 17.4 Å². The number of aliphatic hydroxyl groups is 1. The monoisotopic (exact) mass is 431 g/mol. The Morgan fingerprint density at radius 2 is 1.84 bits per heavy atom. The molecule has 32 heavy (non-hydrogen) atoms. The van der Waals surface area contributed by atoms with Crippen molar-refractivity contribution in [2.45, 2.75) is 33.4 Å². The van der Waals surface area contributed by atoms with Gasteiger partial charge in [0.15, 0.2) is 0 Å². The molecule has 0 bridgehead atoms. The number of carbonyl (C=O) groups excluding carboxylic acids is 2. The van der Waals surface area contributed by atoms with Gasteiger partial charge >= 0.3 is 0 Å². The Hall–Kier alpha value is -3.80. The van der Waals surface area contributed by atoms with Crippen LogP contribution in [0.15, 0.2) is 64.8 Å². The predicted molar refractivity (Wildman–Crippen MR) is 120 cm³/mol. The van der Waals surface area contributed by atoms with Crippen LogP contribution in [-0.4, -0.2) is 28.8 Å². The molecule has 3 aromatic rings. The molecular weight excluding hydrogens is 406 g/mol. The lowest BCUT2D eigenvalue weighted by Crippen LogP contribution is -2.29. The number of Topliss-reactive ketones (excluding diaryl/α,β-unsaturated/α-hetero) is 1. The van der Waals surface area contributed by atoms with Crippen molar-refractivity contribution in [3.8, 4) is 5.75 Å². The van der Waals surface area contributed by atoms with Crippen LogP contribution in [0.3, 0.4) is 0 Å². The number of aliphatic hydroxyl groups excluding tert-OH is 1. The summed E-state index contributed by atoms with van der Waals surface area (Å²) in [6, 6.07) is 13.9. The number of ether oxygens (including phenoxy) is 1. The first kappa shape index (κ1) is 21.4. The zero-order valence-electron chi connectivity index (χ0n) is 18.5. The highest BCUT2D eigenvalue weighted by Crippen LogP contribution is 2.41. The number of nitrogens with zero attached hydrogens (tertiary/aromatic N) is 1. The standard InChI is InChI=1S/C26H25NO5/c1-15-7-5-8-18(11-15)23-22(24(28)20-12-17(3)21(31-4)13-16(20)2)25(29)26(30)27(23)14-19-9-6-10-32-19/h5-13,23,28H,14H2,1-4H3/b24-22+. The molecule has 6 heteroatoms. The SMILES string of the molecule is COc1cc(C)c(/C(O)=C2\C(=O)C(=O)N(Cc3ccco3)C2c2cccc(C)c2)cc1C. The summed E-state index contributed by atoms with van der Waals surface area (Å²) in [5, 5.41) is 11.3. The van der Waals surface area contributed by atoms with E-state index in [0.29, 0.717) is 17.1 Å². The molecule has 1 amide bonds. The van der Waals surface area contributed by atoms with Crippen molar-refractivity contribution in [1.29, 1.82) is 0 Å². The van der Waals surface area contributed by atoms with Crippen molar-refractivity contribution < 1.29 is 23.8 Å². The number of ketones is 1. The van der Waals surface area contributed by atoms with Gasteiger partial charge in [-0.25, -0.2) is 0 Å². The van der Waals surface area contributed by atoms with Crippen LogP contribution in [0.4, 0.5) is 0 Å². The van der Waals surface area contributed by atoms with E-state index in [2.05, 4.69) is 0 Å². The Morgan fingerprint density at radius 1 is 1.06 bits per heavy atom. The van der Waals surface area contributed by atoms with Gasteiger partial charge in [-0.15, -0.1) is 0 Å². The van der Waals surface area contributed by atoms with Crippen LogP contribution in [0, 0.1) is 20.8 Å². The first-order valence-electron chi connectivity index (χ1n) is 10.3. The number of furan rings is 1. The van der Waals surface area contributed by atoms with Crippen molar-refractivity contribution in [3.05, 3.63) is 93.9 Å². The Bertz CT molecular complexity index is 1220. The lowest BCUT2D eigenvalue weighted by molar-refractivity contribution is -0.140. The summed E-state index contributed by atoms with van der Waals surface area (Å²) >= 11 is 0. The Morgan fingerprint density at radius 3 is 2.50 bits per heavy atom. The largest absolute Gasteiger partial charge is 0.507 e. The number of likely N-dealkylation sites (tertiary alicyclic amines) is 1. The number of benzene rings is 2. The zero-order valence-corrected chi connectivity index (χ0v) is 18.5. The van der Waals surface area contributed by atoms with E-state index >= 15 is 0 Å². The lowest BCUT2D eigenvalue weighted by atomic mass is 9.92. The molecule has 2 aromatic carbocycles. The van der Waals surface area contributed by atoms with Crippen molar-refractivity contribution in [1.82, 2.24) is 4.90 Å². The van der Waals surface area contributed by atoms with E-state index in [-0.39, 0.29) is 17.9 Å². The number of hydrogen-bond donors (Lipinski definition) is 1. The van der Waals surface area contributed by atoms with Crippen molar-refractivity contribution in [3.63, 3.8) is 0 Å². The van der Waals surface area contributed by atoms with Gasteiger partial charge in [0.1, 0.15) is 17.3 Å². The first-order valence-corrected chi connectivity index (χ1v) is 10.3. The molecule has 1 aromatic heterocycles. The first-order chi connectivity index (χ1) is 15.3. The highest BCUT2D eigenvalue weighted by atomic mass is 16.5. The molecule has 6 nitrogen and oxygen atoms in total. The maximum atomic E-state index is 13.2. The van der Waals surface area contributed by atoms with Gasteiger partial charge in [0.05, 0.1) is 31.5 Å². The van der Waals surface area contributed by atoms with Gasteiger partial charge in [-0.3, -0.25) is 9.59 Å². The Kier molecular flexibility index (Phi) is 5.61. The molecule has 1 saturated heterocycles. The van der Waals surface area contributed by atoms with Gasteiger partial charge in [0.2, 0.25) is 0 Å². The number of hydrogen-bond acceptors (Lipinski definition) is 5. The van der Waals surface area contributed by atoms with E-state index in [1.807, 2.05) is 51.1 Å². The normalized spacial score (nSPS) is 17.8. The molecule has 1 atom stereocenters. The highest BCUT2D eigenvalue weighted by molar-refractivity contribution is 6.46. The number of carbonyl (C=O) groups is 2. The smallest absolute Gasteiger partial charge is 0.296 e. The second kappa shape index (κ2) is 8.38. The molecule has 164 valence electrons. The number of methoxy groups -OCH3 is 1. The van der Waals surface area contributed by atoms with Crippen LogP contribution in [-0.2, 0) is 16.1 Å². The van der Waals surface area contributed by atoms with Gasteiger partial charge in [0.25, 0.3) is 11.7 Å². The predicted octanol–water partition coefficient (Wildman–Crippen LogP) is 4.84. The van der Waals surface area contributed by atoms with E-state index in [9.17, 15) is 14.7 Å². The van der Waals surface area contributed by atoms with Gasteiger partial charge < -0.3 is 19.2 Å². The van der Waals surface area contributed by atoms with Crippen LogP contribution in [0.25, 0.3) is 5.76 Å². The van der Waals surface area contributed by atoms with Crippen LogP contribution < -0.4 is 4.74 Å². The lowest BCUT2D eigenvalue weighted by Gasteiger charge is -2.25. The molecule has 1 fully saturated rings. The average Bonchev–Trinajstić information content (AvgIpc) is 3.37. The molecule has 1 unspecified atom stereocenters. The molecule has 1 N–H and O–H groups in total. The fourth-order valence-corrected chi connectivity index (χ4v) is 4.21. The fraction of sp³-hybridized carbons (Fsp3) is 0.231. The van der Waals surface area contributed by atoms with Crippen molar-refractivity contribution in [2.24, 2.45) is 0 Å². The van der Waals surface area contributed by atoms with E-state index in [4.69, 9.17) is 9.15 Å². The number of amides is 1. The average molecular weight is 431 g/mol. The van der Waals surface area contributed by atoms with E-state index in [1.54, 1.807) is 25.3 Å². The van der Waals surface area contributed by atoms with E-state index in [1.165, 1.54) is 11.2 Å². The van der Waals surface area contributed by atoms with Gasteiger partial charge in [-0.05, 0) is 61.7 Å². The summed E-state index contributed by atoms with van der Waals surface area (Å²) in [4.78, 5) is 27.7. The summed E-state index contributed by atoms with van der Waals surface area (Å²) in [6.07, 6.45) is 1.52. The third kappa shape index (κ3) is 3.68. The molecule has 2 heterocycles. The molecule has 1 aliphatic heterocycles. The zero-order chi connectivity index (χ0) is 23.0. The van der Waals surface area contributed by atoms with Crippen LogP contribution in [0.1, 0.15) is 39.6 Å². The highest BCUT2D eigenvalue weighted by Gasteiger charge is 2.46. The molecular formula is C26H25NO5. The summed E-state index contributed by atoms with van der Waals surface area (Å²) in [5.41, 5.74) is 3.86. The second-order valence-electron chi connectivity index (χ2n) is 8.06. The molecule has 4 rings (SSSR count). The minimum atomic E-state index is -0.734. The third-order valence-corrected chi connectivity index (χ3v) is 5.80. The van der Waals surface area contributed by atoms with Gasteiger partial charge in [-0.2, -0.15) is 0 Å². The quantitative estimate of drug-likeness (QED) is 0.355. The Balaban J connectivity index is 1.91. The fourth-order valence-electron chi connectivity index (χ4n) is 4.21. The van der Waals surface area contributed by atoms with E-state index < -0.39 is 17.7 Å². The maximum Gasteiger partial charge on any atom is 0.296 e. The maximum absolute atomic E-state index is 13.2. The molecule has 1 aliphatic rings. The van der Waals surface area contributed by atoms with Gasteiger partial charge in [-0.1, -0.05) is 29.8 Å². The molecule has 0 saturated carbocycles. The molecule has 0 aliphatic carbocycles. The third-order valence-electron chi connectivity index (χ3n) is 5.80. The minimum absolute atomic E-state index is 0.0693. The van der Waals surface area contributed by atoms with Crippen molar-refractivity contribution in [2.75, 3.05) is 7.11 Å². The van der Waals surface area contributed by atoms with E-state index in [0.717, 1.165) is 22.3 Å². The van der Waals surface area contributed by atoms with Gasteiger partial charge in [0, 0.05) is 5.56 Å². The van der Waals surface area contributed by atoms with Crippen LogP contribution in [0.2, 0.25) is 0 Å².